The van der Waals surface area contributed by atoms with Gasteiger partial charge in [-0.3, -0.25) is 9.89 Å². The Labute approximate surface area is 173 Å². The van der Waals surface area contributed by atoms with Crippen molar-refractivity contribution in [3.8, 4) is 11.5 Å². The molecule has 0 bridgehead atoms. The summed E-state index contributed by atoms with van der Waals surface area (Å²) < 4.78 is 11.3. The Morgan fingerprint density at radius 1 is 1.14 bits per heavy atom. The minimum absolute atomic E-state index is 0.310. The Morgan fingerprint density at radius 3 is 2.66 bits per heavy atom. The average Bonchev–Trinajstić information content (AvgIpc) is 2.74. The van der Waals surface area contributed by atoms with Gasteiger partial charge in [-0.15, -0.1) is 0 Å². The number of guanidine groups is 1. The van der Waals surface area contributed by atoms with E-state index in [0.717, 1.165) is 36.7 Å². The molecule has 1 unspecified atom stereocenters. The number of aliphatic imine (C=N–C) groups is 1. The fraction of sp³-hybridized carbons (Fsp3) is 0.435. The van der Waals surface area contributed by atoms with Crippen LogP contribution in [0, 0.1) is 0 Å². The zero-order chi connectivity index (χ0) is 20.6. The molecule has 0 saturated heterocycles. The molecule has 0 aromatic heterocycles. The van der Waals surface area contributed by atoms with Crippen LogP contribution in [-0.4, -0.2) is 43.2 Å². The molecule has 2 aromatic rings. The molecule has 6 heteroatoms. The molecular formula is C23H32N4O2. The van der Waals surface area contributed by atoms with Gasteiger partial charge in [0.05, 0.1) is 25.4 Å². The highest BCUT2D eigenvalue weighted by atomic mass is 16.5. The molecule has 1 heterocycles. The van der Waals surface area contributed by atoms with Gasteiger partial charge in [-0.1, -0.05) is 24.3 Å². The molecule has 0 spiro atoms. The normalized spacial score (nSPS) is 15.5. The molecule has 156 valence electrons. The second-order valence-electron chi connectivity index (χ2n) is 7.21. The van der Waals surface area contributed by atoms with E-state index in [-0.39, 0.29) is 0 Å². The number of benzene rings is 2. The summed E-state index contributed by atoms with van der Waals surface area (Å²) in [4.78, 5) is 7.03. The van der Waals surface area contributed by atoms with E-state index in [1.54, 1.807) is 0 Å². The van der Waals surface area contributed by atoms with E-state index in [9.17, 15) is 0 Å². The molecule has 1 aliphatic heterocycles. The lowest BCUT2D eigenvalue weighted by atomic mass is 9.99. The van der Waals surface area contributed by atoms with Crippen LogP contribution < -0.4 is 20.5 Å². The fourth-order valence-corrected chi connectivity index (χ4v) is 3.56. The van der Waals surface area contributed by atoms with Gasteiger partial charge in [-0.2, -0.15) is 0 Å². The van der Waals surface area contributed by atoms with Crippen LogP contribution in [0.25, 0.3) is 0 Å². The number of rotatable bonds is 8. The summed E-state index contributed by atoms with van der Waals surface area (Å²) in [6, 6.07) is 14.6. The molecule has 2 aromatic carbocycles. The summed E-state index contributed by atoms with van der Waals surface area (Å²) >= 11 is 0. The largest absolute Gasteiger partial charge is 0.494 e. The van der Waals surface area contributed by atoms with Crippen LogP contribution in [0.15, 0.2) is 47.5 Å². The maximum absolute atomic E-state index is 6.17. The van der Waals surface area contributed by atoms with Crippen LogP contribution in [0.3, 0.4) is 0 Å². The third-order valence-corrected chi connectivity index (χ3v) is 5.13. The van der Waals surface area contributed by atoms with E-state index in [1.807, 2.05) is 32.0 Å². The van der Waals surface area contributed by atoms with Crippen molar-refractivity contribution in [1.29, 1.82) is 0 Å². The molecule has 0 saturated carbocycles. The lowest BCUT2D eigenvalue weighted by Gasteiger charge is -2.33. The second-order valence-corrected chi connectivity index (χ2v) is 7.21. The highest BCUT2D eigenvalue weighted by molar-refractivity contribution is 5.94. The zero-order valence-corrected chi connectivity index (χ0v) is 17.6. The molecule has 3 rings (SSSR count). The highest BCUT2D eigenvalue weighted by Gasteiger charge is 2.20. The van der Waals surface area contributed by atoms with Crippen molar-refractivity contribution in [3.05, 3.63) is 53.6 Å². The Kier molecular flexibility index (Phi) is 7.36. The van der Waals surface area contributed by atoms with Crippen molar-refractivity contribution in [3.63, 3.8) is 0 Å². The Morgan fingerprint density at radius 2 is 1.90 bits per heavy atom. The molecule has 3 N–H and O–H groups in total. The van der Waals surface area contributed by atoms with Crippen LogP contribution >= 0.6 is 0 Å². The molecule has 6 nitrogen and oxygen atoms in total. The number of nitrogens with two attached hydrogens (primary N) is 1. The van der Waals surface area contributed by atoms with Gasteiger partial charge in [0, 0.05) is 25.2 Å². The van der Waals surface area contributed by atoms with E-state index in [4.69, 9.17) is 15.2 Å². The van der Waals surface area contributed by atoms with Crippen LogP contribution in [-0.2, 0) is 13.0 Å². The van der Waals surface area contributed by atoms with Gasteiger partial charge in [0.2, 0.25) is 0 Å². The Hall–Kier alpha value is -2.73. The van der Waals surface area contributed by atoms with Crippen LogP contribution in [0.5, 0.6) is 11.5 Å². The minimum atomic E-state index is 0.310. The lowest BCUT2D eigenvalue weighted by Crippen LogP contribution is -2.39. The maximum Gasteiger partial charge on any atom is 0.193 e. The van der Waals surface area contributed by atoms with Crippen molar-refractivity contribution in [1.82, 2.24) is 4.90 Å². The first-order valence-electron chi connectivity index (χ1n) is 10.4. The summed E-state index contributed by atoms with van der Waals surface area (Å²) in [5.74, 6) is 1.88. The first-order valence-corrected chi connectivity index (χ1v) is 10.4. The van der Waals surface area contributed by atoms with E-state index in [0.29, 0.717) is 31.8 Å². The predicted octanol–water partition coefficient (Wildman–Crippen LogP) is 3.66. The predicted molar refractivity (Wildman–Crippen MR) is 119 cm³/mol. The smallest absolute Gasteiger partial charge is 0.193 e. The molecule has 1 aliphatic rings. The molecule has 0 aliphatic carbocycles. The molecule has 29 heavy (non-hydrogen) atoms. The van der Waals surface area contributed by atoms with Crippen molar-refractivity contribution >= 4 is 11.6 Å². The Balaban J connectivity index is 1.62. The maximum atomic E-state index is 6.17. The Bertz CT molecular complexity index is 837. The number of anilines is 1. The molecule has 0 fully saturated rings. The quantitative estimate of drug-likeness (QED) is 0.526. The van der Waals surface area contributed by atoms with E-state index < -0.39 is 0 Å². The lowest BCUT2D eigenvalue weighted by molar-refractivity contribution is 0.195. The summed E-state index contributed by atoms with van der Waals surface area (Å²) in [6.07, 6.45) is 1.08. The van der Waals surface area contributed by atoms with Crippen LogP contribution in [0.1, 0.15) is 31.9 Å². The topological polar surface area (TPSA) is 72.1 Å². The first kappa shape index (κ1) is 21.0. The van der Waals surface area contributed by atoms with E-state index in [1.165, 1.54) is 11.1 Å². The summed E-state index contributed by atoms with van der Waals surface area (Å²) in [7, 11) is 0. The van der Waals surface area contributed by atoms with Crippen molar-refractivity contribution < 1.29 is 9.47 Å². The number of ether oxygens (including phenoxy) is 2. The summed E-state index contributed by atoms with van der Waals surface area (Å²) in [5.41, 5.74) is 9.80. The zero-order valence-electron chi connectivity index (χ0n) is 17.6. The van der Waals surface area contributed by atoms with Crippen LogP contribution in [0.4, 0.5) is 5.69 Å². The molecule has 0 amide bonds. The first-order chi connectivity index (χ1) is 14.1. The van der Waals surface area contributed by atoms with Gasteiger partial charge in [0.1, 0.15) is 11.5 Å². The summed E-state index contributed by atoms with van der Waals surface area (Å²) in [5, 5.41) is 3.17. The van der Waals surface area contributed by atoms with Gasteiger partial charge in [0.15, 0.2) is 5.96 Å². The third-order valence-electron chi connectivity index (χ3n) is 5.13. The fourth-order valence-electron chi connectivity index (χ4n) is 3.56. The van der Waals surface area contributed by atoms with Crippen molar-refractivity contribution in [2.24, 2.45) is 10.7 Å². The number of nitrogens with one attached hydrogen (secondary N) is 1. The number of hydrogen-bond acceptors (Lipinski definition) is 4. The minimum Gasteiger partial charge on any atom is -0.494 e. The third kappa shape index (κ3) is 5.64. The molecular weight excluding hydrogens is 364 g/mol. The second kappa shape index (κ2) is 10.2. The monoisotopic (exact) mass is 396 g/mol. The van der Waals surface area contributed by atoms with E-state index >= 15 is 0 Å². The number of nitrogens with zero attached hydrogens (tertiary/aromatic N) is 2. The molecule has 0 radical (unpaired) electrons. The van der Waals surface area contributed by atoms with Gasteiger partial charge < -0.3 is 20.5 Å². The van der Waals surface area contributed by atoms with Crippen molar-refractivity contribution in [2.75, 3.05) is 31.6 Å². The van der Waals surface area contributed by atoms with Gasteiger partial charge in [0.25, 0.3) is 0 Å². The van der Waals surface area contributed by atoms with Gasteiger partial charge >= 0.3 is 0 Å². The van der Waals surface area contributed by atoms with Crippen LogP contribution in [0.2, 0.25) is 0 Å². The van der Waals surface area contributed by atoms with Gasteiger partial charge in [-0.25, -0.2) is 0 Å². The molecule has 1 atom stereocenters. The van der Waals surface area contributed by atoms with Crippen molar-refractivity contribution in [2.45, 2.75) is 39.8 Å². The summed E-state index contributed by atoms with van der Waals surface area (Å²) in [6.45, 7) is 9.94. The number of hydrogen-bond donors (Lipinski definition) is 2. The van der Waals surface area contributed by atoms with E-state index in [2.05, 4.69) is 46.4 Å². The SMILES string of the molecule is CCOc1ccc(OCC)c(NC(N)=NCC(C)N2CCc3ccccc3C2)c1. The van der Waals surface area contributed by atoms with Gasteiger partial charge in [-0.05, 0) is 50.5 Å². The average molecular weight is 397 g/mol. The number of fused-ring (bicyclic) bond motifs is 1. The standard InChI is InChI=1S/C23H32N4O2/c1-4-28-20-10-11-22(29-5-2)21(14-20)26-23(24)25-15-17(3)27-13-12-18-8-6-7-9-19(18)16-27/h6-11,14,17H,4-5,12-13,15-16H2,1-3H3,(H3,24,25,26). The highest BCUT2D eigenvalue weighted by Crippen LogP contribution is 2.29.